The molecule has 3 heteroatoms. The summed E-state index contributed by atoms with van der Waals surface area (Å²) in [5, 5.41) is 0. The number of nitrogens with zero attached hydrogens (tertiary/aromatic N) is 1. The SMILES string of the molecule is CC(C)C(N)CCN(C)C1CCCOC1. The summed E-state index contributed by atoms with van der Waals surface area (Å²) in [6.45, 7) is 7.30. The van der Waals surface area contributed by atoms with Crippen LogP contribution in [0.3, 0.4) is 0 Å². The zero-order valence-electron chi connectivity index (χ0n) is 10.4. The summed E-state index contributed by atoms with van der Waals surface area (Å²) in [6.07, 6.45) is 3.56. The van der Waals surface area contributed by atoms with Gasteiger partial charge in [0.25, 0.3) is 0 Å². The first-order valence-electron chi connectivity index (χ1n) is 6.15. The first-order valence-corrected chi connectivity index (χ1v) is 6.15. The van der Waals surface area contributed by atoms with Crippen molar-refractivity contribution in [2.45, 2.75) is 45.2 Å². The maximum absolute atomic E-state index is 6.04. The van der Waals surface area contributed by atoms with Crippen molar-refractivity contribution in [3.63, 3.8) is 0 Å². The Kier molecular flexibility index (Phi) is 5.58. The second kappa shape index (κ2) is 6.46. The highest BCUT2D eigenvalue weighted by molar-refractivity contribution is 4.74. The summed E-state index contributed by atoms with van der Waals surface area (Å²) in [7, 11) is 2.19. The molecule has 0 aromatic rings. The lowest BCUT2D eigenvalue weighted by Crippen LogP contribution is -2.41. The van der Waals surface area contributed by atoms with Gasteiger partial charge in [0.15, 0.2) is 0 Å². The lowest BCUT2D eigenvalue weighted by Gasteiger charge is -2.32. The van der Waals surface area contributed by atoms with Crippen molar-refractivity contribution in [1.82, 2.24) is 4.90 Å². The van der Waals surface area contributed by atoms with Gasteiger partial charge in [0, 0.05) is 18.7 Å². The Bertz CT molecular complexity index is 167. The average molecular weight is 214 g/mol. The fourth-order valence-electron chi connectivity index (χ4n) is 1.94. The highest BCUT2D eigenvalue weighted by atomic mass is 16.5. The summed E-state index contributed by atoms with van der Waals surface area (Å²) in [6, 6.07) is 0.940. The quantitative estimate of drug-likeness (QED) is 0.753. The van der Waals surface area contributed by atoms with Crippen LogP contribution in [0.5, 0.6) is 0 Å². The molecule has 90 valence electrons. The van der Waals surface area contributed by atoms with Crippen molar-refractivity contribution < 1.29 is 4.74 Å². The van der Waals surface area contributed by atoms with Gasteiger partial charge in [0.1, 0.15) is 0 Å². The highest BCUT2D eigenvalue weighted by Crippen LogP contribution is 2.13. The molecular formula is C12H26N2O. The zero-order valence-corrected chi connectivity index (χ0v) is 10.4. The van der Waals surface area contributed by atoms with E-state index in [4.69, 9.17) is 10.5 Å². The highest BCUT2D eigenvalue weighted by Gasteiger charge is 2.19. The molecule has 0 aromatic carbocycles. The summed E-state index contributed by atoms with van der Waals surface area (Å²) in [4.78, 5) is 2.40. The first kappa shape index (κ1) is 12.9. The second-order valence-corrected chi connectivity index (χ2v) is 5.05. The van der Waals surface area contributed by atoms with Gasteiger partial charge in [-0.2, -0.15) is 0 Å². The van der Waals surface area contributed by atoms with Gasteiger partial charge in [-0.25, -0.2) is 0 Å². The molecular weight excluding hydrogens is 188 g/mol. The lowest BCUT2D eigenvalue weighted by atomic mass is 10.0. The molecule has 0 spiro atoms. The van der Waals surface area contributed by atoms with Gasteiger partial charge in [-0.05, 0) is 38.8 Å². The molecule has 3 nitrogen and oxygen atoms in total. The van der Waals surface area contributed by atoms with Gasteiger partial charge >= 0.3 is 0 Å². The van der Waals surface area contributed by atoms with Crippen LogP contribution in [0, 0.1) is 5.92 Å². The molecule has 1 rings (SSSR count). The minimum atomic E-state index is 0.331. The summed E-state index contributed by atoms with van der Waals surface area (Å²) in [5.41, 5.74) is 6.04. The molecule has 2 N–H and O–H groups in total. The molecule has 1 heterocycles. The van der Waals surface area contributed by atoms with Gasteiger partial charge in [-0.3, -0.25) is 0 Å². The Labute approximate surface area is 94.0 Å². The molecule has 1 fully saturated rings. The standard InChI is InChI=1S/C12H26N2O/c1-10(2)12(13)6-7-14(3)11-5-4-8-15-9-11/h10-12H,4-9,13H2,1-3H3. The van der Waals surface area contributed by atoms with Crippen LogP contribution in [-0.2, 0) is 4.74 Å². The van der Waals surface area contributed by atoms with Crippen LogP contribution in [0.1, 0.15) is 33.1 Å². The van der Waals surface area contributed by atoms with Crippen LogP contribution in [0.15, 0.2) is 0 Å². The topological polar surface area (TPSA) is 38.5 Å². The molecule has 0 aromatic heterocycles. The number of hydrogen-bond acceptors (Lipinski definition) is 3. The predicted molar refractivity (Wildman–Crippen MR) is 63.9 cm³/mol. The molecule has 1 saturated heterocycles. The fourth-order valence-corrected chi connectivity index (χ4v) is 1.94. The zero-order chi connectivity index (χ0) is 11.3. The smallest absolute Gasteiger partial charge is 0.0621 e. The minimum absolute atomic E-state index is 0.331. The van der Waals surface area contributed by atoms with Crippen LogP contribution >= 0.6 is 0 Å². The van der Waals surface area contributed by atoms with E-state index in [0.29, 0.717) is 18.0 Å². The Hall–Kier alpha value is -0.120. The van der Waals surface area contributed by atoms with Gasteiger partial charge in [0.2, 0.25) is 0 Å². The van der Waals surface area contributed by atoms with Gasteiger partial charge in [-0.1, -0.05) is 13.8 Å². The lowest BCUT2D eigenvalue weighted by molar-refractivity contribution is 0.0265. The van der Waals surface area contributed by atoms with Crippen LogP contribution < -0.4 is 5.73 Å². The Morgan fingerprint density at radius 1 is 1.47 bits per heavy atom. The number of likely N-dealkylation sites (N-methyl/N-ethyl adjacent to an activating group) is 1. The number of nitrogens with two attached hydrogens (primary N) is 1. The minimum Gasteiger partial charge on any atom is -0.380 e. The van der Waals surface area contributed by atoms with Gasteiger partial charge < -0.3 is 15.4 Å². The predicted octanol–water partition coefficient (Wildman–Crippen LogP) is 1.47. The number of rotatable bonds is 5. The molecule has 0 amide bonds. The van der Waals surface area contributed by atoms with Crippen molar-refractivity contribution in [3.05, 3.63) is 0 Å². The molecule has 0 radical (unpaired) electrons. The van der Waals surface area contributed by atoms with Crippen molar-refractivity contribution in [3.8, 4) is 0 Å². The van der Waals surface area contributed by atoms with E-state index in [0.717, 1.165) is 26.2 Å². The first-order chi connectivity index (χ1) is 7.11. The van der Waals surface area contributed by atoms with Gasteiger partial charge in [-0.15, -0.1) is 0 Å². The van der Waals surface area contributed by atoms with E-state index in [-0.39, 0.29) is 0 Å². The van der Waals surface area contributed by atoms with E-state index < -0.39 is 0 Å². The maximum atomic E-state index is 6.04. The average Bonchev–Trinajstić information content (AvgIpc) is 2.26. The van der Waals surface area contributed by atoms with Crippen molar-refractivity contribution in [2.24, 2.45) is 11.7 Å². The molecule has 15 heavy (non-hydrogen) atoms. The third-order valence-corrected chi connectivity index (χ3v) is 3.43. The Balaban J connectivity index is 2.19. The van der Waals surface area contributed by atoms with E-state index in [1.807, 2.05) is 0 Å². The van der Waals surface area contributed by atoms with Gasteiger partial charge in [0.05, 0.1) is 6.61 Å². The number of hydrogen-bond donors (Lipinski definition) is 1. The fraction of sp³-hybridized carbons (Fsp3) is 1.00. The summed E-state index contributed by atoms with van der Waals surface area (Å²) >= 11 is 0. The van der Waals surface area contributed by atoms with Crippen molar-refractivity contribution in [2.75, 3.05) is 26.8 Å². The third-order valence-electron chi connectivity index (χ3n) is 3.43. The van der Waals surface area contributed by atoms with E-state index in [1.165, 1.54) is 12.8 Å². The van der Waals surface area contributed by atoms with Crippen LogP contribution in [0.25, 0.3) is 0 Å². The third kappa shape index (κ3) is 4.49. The summed E-state index contributed by atoms with van der Waals surface area (Å²) < 4.78 is 5.48. The molecule has 0 saturated carbocycles. The van der Waals surface area contributed by atoms with E-state index in [9.17, 15) is 0 Å². The molecule has 1 aliphatic heterocycles. The maximum Gasteiger partial charge on any atom is 0.0621 e. The largest absolute Gasteiger partial charge is 0.380 e. The van der Waals surface area contributed by atoms with Crippen molar-refractivity contribution >= 4 is 0 Å². The number of ether oxygens (including phenoxy) is 1. The van der Waals surface area contributed by atoms with E-state index >= 15 is 0 Å². The van der Waals surface area contributed by atoms with Crippen LogP contribution in [-0.4, -0.2) is 43.8 Å². The molecule has 2 unspecified atom stereocenters. The van der Waals surface area contributed by atoms with E-state index in [2.05, 4.69) is 25.8 Å². The second-order valence-electron chi connectivity index (χ2n) is 5.05. The van der Waals surface area contributed by atoms with Crippen LogP contribution in [0.2, 0.25) is 0 Å². The normalized spacial score (nSPS) is 24.8. The summed E-state index contributed by atoms with van der Waals surface area (Å²) in [5.74, 6) is 0.584. The van der Waals surface area contributed by atoms with Crippen molar-refractivity contribution in [1.29, 1.82) is 0 Å². The van der Waals surface area contributed by atoms with E-state index in [1.54, 1.807) is 0 Å². The monoisotopic (exact) mass is 214 g/mol. The van der Waals surface area contributed by atoms with Crippen LogP contribution in [0.4, 0.5) is 0 Å². The molecule has 0 aliphatic carbocycles. The Morgan fingerprint density at radius 2 is 2.20 bits per heavy atom. The molecule has 0 bridgehead atoms. The molecule has 2 atom stereocenters. The molecule has 1 aliphatic rings. The Morgan fingerprint density at radius 3 is 2.73 bits per heavy atom.